The second-order valence-electron chi connectivity index (χ2n) is 28.7. The van der Waals surface area contributed by atoms with E-state index in [0.29, 0.717) is 38.5 Å². The van der Waals surface area contributed by atoms with E-state index in [1.54, 1.807) is 13.8 Å². The number of hydrogen-bond donors (Lipinski definition) is 11. The highest BCUT2D eigenvalue weighted by molar-refractivity contribution is 5.83. The number of allylic oxidation sites excluding steroid dienone is 4. The zero-order chi connectivity index (χ0) is 64.6. The quantitative estimate of drug-likeness (QED) is 0.0308. The van der Waals surface area contributed by atoms with Crippen LogP contribution in [-0.2, 0) is 61.8 Å². The van der Waals surface area contributed by atoms with E-state index < -0.39 is 205 Å². The summed E-state index contributed by atoms with van der Waals surface area (Å²) in [6.45, 7) is 22.1. The van der Waals surface area contributed by atoms with Crippen molar-refractivity contribution in [1.82, 2.24) is 0 Å². The summed E-state index contributed by atoms with van der Waals surface area (Å²) in [5.74, 6) is -5.59. The van der Waals surface area contributed by atoms with Crippen LogP contribution in [0.3, 0.4) is 0 Å². The molecule has 4 saturated carbocycles. The Hall–Kier alpha value is -3.54. The van der Waals surface area contributed by atoms with Crippen molar-refractivity contribution in [3.05, 3.63) is 34.9 Å². The standard InChI is InChI=1S/C63H98O24/c1-28(2)15-14-16-30(5)23-39(68)83-51-52(87-54(78)29(3)4)63(27-66)33(24-58(51,7)8)32-17-18-37-60(11)21-20-38(59(9,10)36(60)19-22-61(37,12)62(32,13)49(74)50(63)75)82-57-48(86-56-44(73)42(71)40(69)34(25-64)80-56)46(79-31(6)67)45(47(85-57)53(76)77)84-55-43(72)41(70)35(26-65)81-55/h15,17,23,29,33-38,40-52,55-57,64-66,69-75H,14,16,18-22,24-27H2,1-13H3,(H,76,77)/b30-23+/t33-,34+,35-,36-,37+,38-,40+,41-,42-,43+,44+,45-,46-,47-,48+,49-,50+,51-,52-,55-,56-,57+,60-,61+,62-,63-/m0/s1. The molecule has 3 heterocycles. The van der Waals surface area contributed by atoms with Crippen LogP contribution in [0.5, 0.6) is 0 Å². The van der Waals surface area contributed by atoms with Gasteiger partial charge in [-0.15, -0.1) is 0 Å². The van der Waals surface area contributed by atoms with Gasteiger partial charge in [0.25, 0.3) is 0 Å². The Kier molecular flexibility index (Phi) is 20.6. The number of carboxylic acids is 1. The molecule has 3 saturated heterocycles. The monoisotopic (exact) mass is 1240 g/mol. The number of fused-ring (bicyclic) bond motifs is 7. The lowest BCUT2D eigenvalue weighted by Gasteiger charge is -2.73. The number of carbonyl (C=O) groups is 4. The van der Waals surface area contributed by atoms with Crippen LogP contribution in [0.2, 0.25) is 0 Å². The van der Waals surface area contributed by atoms with Crippen LogP contribution in [0.1, 0.15) is 141 Å². The summed E-state index contributed by atoms with van der Waals surface area (Å²) in [6, 6.07) is 0. The topological polar surface area (TPSA) is 374 Å². The molecular formula is C63H98O24. The molecule has 8 aliphatic rings. The third kappa shape index (κ3) is 12.1. The molecule has 0 aromatic heterocycles. The second kappa shape index (κ2) is 25.9. The third-order valence-electron chi connectivity index (χ3n) is 22.1. The molecule has 0 bridgehead atoms. The maximum Gasteiger partial charge on any atom is 0.335 e. The summed E-state index contributed by atoms with van der Waals surface area (Å²) in [7, 11) is 0. The van der Waals surface area contributed by atoms with Gasteiger partial charge in [-0.2, -0.15) is 0 Å². The molecule has 0 unspecified atom stereocenters. The lowest BCUT2D eigenvalue weighted by molar-refractivity contribution is -0.383. The Morgan fingerprint density at radius 2 is 1.28 bits per heavy atom. The fourth-order valence-electron chi connectivity index (χ4n) is 17.2. The minimum Gasteiger partial charge on any atom is -0.479 e. The molecule has 0 aromatic carbocycles. The normalized spacial score (nSPS) is 45.7. The number of carbonyl (C=O) groups excluding carboxylic acids is 3. The molecule has 0 radical (unpaired) electrons. The van der Waals surface area contributed by atoms with Crippen molar-refractivity contribution < 1.29 is 118 Å². The van der Waals surface area contributed by atoms with E-state index in [-0.39, 0.29) is 18.3 Å². The molecule has 3 aliphatic heterocycles. The van der Waals surface area contributed by atoms with E-state index in [1.165, 1.54) is 6.08 Å². The summed E-state index contributed by atoms with van der Waals surface area (Å²) < 4.78 is 55.3. The molecular weight excluding hydrogens is 1140 g/mol. The van der Waals surface area contributed by atoms with Crippen LogP contribution in [0.4, 0.5) is 0 Å². The van der Waals surface area contributed by atoms with Crippen LogP contribution in [0, 0.1) is 56.2 Å². The highest BCUT2D eigenvalue weighted by atomic mass is 16.8. The van der Waals surface area contributed by atoms with Crippen molar-refractivity contribution in [3.8, 4) is 0 Å². The molecule has 0 spiro atoms. The Labute approximate surface area is 509 Å². The number of hydrogen-bond acceptors (Lipinski definition) is 23. The third-order valence-corrected chi connectivity index (χ3v) is 22.1. The number of esters is 3. The van der Waals surface area contributed by atoms with Gasteiger partial charge in [0.15, 0.2) is 43.3 Å². The van der Waals surface area contributed by atoms with Gasteiger partial charge in [-0.3, -0.25) is 9.59 Å². The van der Waals surface area contributed by atoms with Gasteiger partial charge in [0, 0.05) is 23.8 Å². The van der Waals surface area contributed by atoms with Crippen molar-refractivity contribution in [3.63, 3.8) is 0 Å². The van der Waals surface area contributed by atoms with Crippen molar-refractivity contribution in [2.45, 2.75) is 258 Å². The highest BCUT2D eigenvalue weighted by Crippen LogP contribution is 2.76. The van der Waals surface area contributed by atoms with Crippen LogP contribution in [-0.4, -0.2) is 216 Å². The summed E-state index contributed by atoms with van der Waals surface area (Å²) in [4.78, 5) is 54.2. The van der Waals surface area contributed by atoms with Gasteiger partial charge in [-0.1, -0.05) is 91.2 Å². The first kappa shape index (κ1) is 69.4. The first-order valence-electron chi connectivity index (χ1n) is 30.9. The fraction of sp³-hybridized carbons (Fsp3) is 0.841. The van der Waals surface area contributed by atoms with Gasteiger partial charge in [-0.05, 0) is 106 Å². The maximum atomic E-state index is 13.9. The van der Waals surface area contributed by atoms with Crippen LogP contribution >= 0.6 is 0 Å². The van der Waals surface area contributed by atoms with Gasteiger partial charge in [0.2, 0.25) is 0 Å². The van der Waals surface area contributed by atoms with Gasteiger partial charge < -0.3 is 98.8 Å². The van der Waals surface area contributed by atoms with E-state index in [0.717, 1.165) is 30.1 Å². The Morgan fingerprint density at radius 3 is 1.84 bits per heavy atom. The molecule has 24 nitrogen and oxygen atoms in total. The predicted molar refractivity (Wildman–Crippen MR) is 305 cm³/mol. The molecule has 11 N–H and O–H groups in total. The number of aliphatic hydroxyl groups excluding tert-OH is 10. The Balaban J connectivity index is 1.13. The summed E-state index contributed by atoms with van der Waals surface area (Å²) in [5.41, 5.74) is -3.11. The first-order valence-corrected chi connectivity index (χ1v) is 30.9. The minimum atomic E-state index is -2.09. The van der Waals surface area contributed by atoms with Gasteiger partial charge in [0.1, 0.15) is 54.9 Å². The molecule has 494 valence electrons. The first-order chi connectivity index (χ1) is 40.5. The number of ether oxygens (including phenoxy) is 9. The Bertz CT molecular complexity index is 2600. The molecule has 0 amide bonds. The van der Waals surface area contributed by atoms with E-state index in [9.17, 15) is 75.3 Å². The molecule has 0 aromatic rings. The summed E-state index contributed by atoms with van der Waals surface area (Å²) >= 11 is 0. The largest absolute Gasteiger partial charge is 0.479 e. The van der Waals surface area contributed by atoms with Gasteiger partial charge in [0.05, 0.1) is 49.5 Å². The van der Waals surface area contributed by atoms with E-state index >= 15 is 0 Å². The van der Waals surface area contributed by atoms with Crippen molar-refractivity contribution >= 4 is 23.9 Å². The zero-order valence-electron chi connectivity index (χ0n) is 52.5. The molecule has 26 atom stereocenters. The fourth-order valence-corrected chi connectivity index (χ4v) is 17.2. The molecule has 7 fully saturated rings. The minimum absolute atomic E-state index is 0.166. The lowest BCUT2D eigenvalue weighted by atomic mass is 9.32. The van der Waals surface area contributed by atoms with E-state index in [2.05, 4.69) is 26.0 Å². The second-order valence-corrected chi connectivity index (χ2v) is 28.7. The highest BCUT2D eigenvalue weighted by Gasteiger charge is 2.76. The van der Waals surface area contributed by atoms with Crippen LogP contribution in [0.25, 0.3) is 0 Å². The van der Waals surface area contributed by atoms with Crippen molar-refractivity contribution in [2.75, 3.05) is 19.8 Å². The predicted octanol–water partition coefficient (Wildman–Crippen LogP) is 2.25. The zero-order valence-corrected chi connectivity index (χ0v) is 52.5. The van der Waals surface area contributed by atoms with Crippen LogP contribution < -0.4 is 0 Å². The number of carboxylic acid groups (broad SMARTS) is 1. The van der Waals surface area contributed by atoms with Crippen LogP contribution in [0.15, 0.2) is 34.9 Å². The molecule has 24 heteroatoms. The average molecular weight is 1240 g/mol. The van der Waals surface area contributed by atoms with E-state index in [4.69, 9.17) is 42.6 Å². The van der Waals surface area contributed by atoms with Gasteiger partial charge in [-0.25, -0.2) is 9.59 Å². The molecule has 8 rings (SSSR count). The smallest absolute Gasteiger partial charge is 0.335 e. The van der Waals surface area contributed by atoms with Crippen molar-refractivity contribution in [2.24, 2.45) is 56.2 Å². The Morgan fingerprint density at radius 1 is 0.678 bits per heavy atom. The number of rotatable bonds is 18. The number of aliphatic hydroxyl groups is 10. The summed E-state index contributed by atoms with van der Waals surface area (Å²) in [6.07, 6.45) is -22.4. The SMILES string of the molecule is CC(=O)O[C@@H]1[C@@H](O[C@@H]2O[C@H](CO)[C@@H](O)[C@H](O)[C@H]2O)[C@H](O[C@H]2CC[C@]3(C)[C@H]4CC=C5[C@@H]6CC(C)(C)[C@@H](OC(=O)/C=C(\C)CCC=C(C)C)[C@H](OC(=O)C(C)C)[C@]6(CO)[C@H](O)[C@H](O)[C@@]5(C)[C@]4(C)CC[C@H]3C2(C)C)O[C@H](C(=O)O)[C@H]1O[C@@H]1O[C@@H](CO)[C@H](O)[C@H]1O. The maximum absolute atomic E-state index is 13.9. The molecule has 5 aliphatic carbocycles. The summed E-state index contributed by atoms with van der Waals surface area (Å²) in [5, 5.41) is 123. The van der Waals surface area contributed by atoms with E-state index in [1.807, 2.05) is 55.4 Å². The van der Waals surface area contributed by atoms with Crippen molar-refractivity contribution in [1.29, 1.82) is 0 Å². The lowest BCUT2D eigenvalue weighted by Crippen LogP contribution is -2.76. The average Bonchev–Trinajstić information content (AvgIpc) is 0.856. The molecule has 87 heavy (non-hydrogen) atoms. The number of aliphatic carboxylic acids is 1. The van der Waals surface area contributed by atoms with Gasteiger partial charge >= 0.3 is 23.9 Å².